The van der Waals surface area contributed by atoms with Crippen LogP contribution in [0.4, 0.5) is 5.69 Å². The topological polar surface area (TPSA) is 105 Å². The number of sulfonamides is 1. The Morgan fingerprint density at radius 3 is 2.93 bits per heavy atom. The van der Waals surface area contributed by atoms with E-state index in [2.05, 4.69) is 14.9 Å². The normalized spacial score (nSPS) is 20.9. The first kappa shape index (κ1) is 18.7. The zero-order valence-corrected chi connectivity index (χ0v) is 16.6. The van der Waals surface area contributed by atoms with Gasteiger partial charge in [-0.25, -0.2) is 0 Å². The maximum atomic E-state index is 13.1. The molecule has 9 heteroatoms. The van der Waals surface area contributed by atoms with Crippen LogP contribution in [0, 0.1) is 12.8 Å². The lowest BCUT2D eigenvalue weighted by Gasteiger charge is -2.34. The number of carbonyl (C=O) groups is 1. The molecule has 3 heterocycles. The molecule has 0 bridgehead atoms. The molecule has 2 aromatic rings. The van der Waals surface area contributed by atoms with Gasteiger partial charge in [0.15, 0.2) is 0 Å². The van der Waals surface area contributed by atoms with E-state index in [-0.39, 0.29) is 16.7 Å². The van der Waals surface area contributed by atoms with Gasteiger partial charge in [-0.1, -0.05) is 24.2 Å². The molecule has 1 amide bonds. The summed E-state index contributed by atoms with van der Waals surface area (Å²) in [6.07, 6.45) is 2.11. The molecule has 1 aromatic heterocycles. The largest absolute Gasteiger partial charge is 0.360 e. The van der Waals surface area contributed by atoms with Crippen LogP contribution in [0.25, 0.3) is 0 Å². The van der Waals surface area contributed by atoms with Gasteiger partial charge in [0, 0.05) is 25.4 Å². The Morgan fingerprint density at radius 2 is 2.14 bits per heavy atom. The van der Waals surface area contributed by atoms with E-state index < -0.39 is 10.0 Å². The van der Waals surface area contributed by atoms with Gasteiger partial charge in [-0.2, -0.15) is 8.42 Å². The summed E-state index contributed by atoms with van der Waals surface area (Å²) in [5.41, 5.74) is 1.62. The summed E-state index contributed by atoms with van der Waals surface area (Å²) >= 11 is 0. The van der Waals surface area contributed by atoms with E-state index in [9.17, 15) is 13.2 Å². The number of anilines is 1. The van der Waals surface area contributed by atoms with E-state index >= 15 is 0 Å². The van der Waals surface area contributed by atoms with Crippen LogP contribution >= 0.6 is 0 Å². The van der Waals surface area contributed by atoms with Crippen LogP contribution in [0.2, 0.25) is 0 Å². The van der Waals surface area contributed by atoms with E-state index in [1.54, 1.807) is 30.0 Å². The molecule has 0 radical (unpaired) electrons. The van der Waals surface area contributed by atoms with Crippen molar-refractivity contribution in [3.05, 3.63) is 41.3 Å². The second-order valence-electron chi connectivity index (χ2n) is 7.08. The summed E-state index contributed by atoms with van der Waals surface area (Å²) in [5, 5.41) is 7.07. The molecule has 8 nitrogen and oxygen atoms in total. The first-order valence-electron chi connectivity index (χ1n) is 9.36. The fourth-order valence-electron chi connectivity index (χ4n) is 3.79. The smallest absolute Gasteiger partial charge is 0.286 e. The number of amidine groups is 1. The van der Waals surface area contributed by atoms with Crippen molar-refractivity contribution in [2.24, 2.45) is 10.3 Å². The van der Waals surface area contributed by atoms with Crippen LogP contribution in [0.3, 0.4) is 0 Å². The highest BCUT2D eigenvalue weighted by Crippen LogP contribution is 2.31. The standard InChI is InChI=1S/C19H22N4O4S/c1-3-15-17(12(2)21-27-15)19(24)23-10-6-7-13(11-23)18-20-14-8-4-5-9-16(14)28(25,26)22-18/h4-5,8-9,13H,3,6-7,10-11H2,1-2H3,(H,20,22)/t13-/m1/s1. The number of benzene rings is 1. The molecule has 1 N–H and O–H groups in total. The molecule has 148 valence electrons. The van der Waals surface area contributed by atoms with Gasteiger partial charge >= 0.3 is 0 Å². The Hall–Kier alpha value is -2.68. The van der Waals surface area contributed by atoms with E-state index in [1.165, 1.54) is 6.07 Å². The number of nitrogens with one attached hydrogen (secondary N) is 1. The van der Waals surface area contributed by atoms with E-state index in [1.807, 2.05) is 6.92 Å². The van der Waals surface area contributed by atoms with Gasteiger partial charge in [0.25, 0.3) is 15.9 Å². The van der Waals surface area contributed by atoms with Gasteiger partial charge in [-0.05, 0) is 31.9 Å². The number of hydrogen-bond donors (Lipinski definition) is 1. The van der Waals surface area contributed by atoms with Gasteiger partial charge in [-0.15, -0.1) is 4.40 Å². The molecule has 0 unspecified atom stereocenters. The lowest BCUT2D eigenvalue weighted by Crippen LogP contribution is -2.45. The molecule has 2 aliphatic heterocycles. The zero-order valence-electron chi connectivity index (χ0n) is 15.8. The predicted molar refractivity (Wildman–Crippen MR) is 104 cm³/mol. The van der Waals surface area contributed by atoms with Crippen LogP contribution in [-0.2, 0) is 16.4 Å². The molecule has 0 aliphatic carbocycles. The Balaban J connectivity index is 1.59. The average Bonchev–Trinajstić information content (AvgIpc) is 3.07. The lowest BCUT2D eigenvalue weighted by molar-refractivity contribution is 0.0700. The van der Waals surface area contributed by atoms with Crippen LogP contribution < -0.4 is 5.32 Å². The fraction of sp³-hybridized carbons (Fsp3) is 0.421. The van der Waals surface area contributed by atoms with Crippen LogP contribution in [-0.4, -0.2) is 43.3 Å². The molecular weight excluding hydrogens is 380 g/mol. The molecule has 0 saturated carbocycles. The SMILES string of the molecule is CCc1onc(C)c1C(=O)N1CCC[C@@H](C2=NS(=O)(=O)c3ccccc3N2)C1. The maximum Gasteiger partial charge on any atom is 0.286 e. The summed E-state index contributed by atoms with van der Waals surface area (Å²) in [6, 6.07) is 6.71. The molecule has 2 aliphatic rings. The summed E-state index contributed by atoms with van der Waals surface area (Å²) < 4.78 is 34.3. The van der Waals surface area contributed by atoms with E-state index in [0.29, 0.717) is 48.1 Å². The second kappa shape index (κ2) is 7.05. The number of amides is 1. The van der Waals surface area contributed by atoms with Crippen molar-refractivity contribution in [2.75, 3.05) is 18.4 Å². The van der Waals surface area contributed by atoms with Crippen LogP contribution in [0.5, 0.6) is 0 Å². The Bertz CT molecular complexity index is 1060. The molecule has 4 rings (SSSR count). The van der Waals surface area contributed by atoms with Gasteiger partial charge < -0.3 is 14.7 Å². The van der Waals surface area contributed by atoms with Gasteiger partial charge in [-0.3, -0.25) is 4.79 Å². The summed E-state index contributed by atoms with van der Waals surface area (Å²) in [5.74, 6) is 0.675. The highest BCUT2D eigenvalue weighted by atomic mass is 32.2. The number of aromatic nitrogens is 1. The number of likely N-dealkylation sites (tertiary alicyclic amines) is 1. The van der Waals surface area contributed by atoms with Crippen molar-refractivity contribution < 1.29 is 17.7 Å². The second-order valence-corrected chi connectivity index (χ2v) is 8.66. The minimum absolute atomic E-state index is 0.125. The number of para-hydroxylation sites is 1. The minimum Gasteiger partial charge on any atom is -0.360 e. The Kier molecular flexibility index (Phi) is 4.70. The fourth-order valence-corrected chi connectivity index (χ4v) is 4.99. The maximum absolute atomic E-state index is 13.1. The van der Waals surface area contributed by atoms with Crippen molar-refractivity contribution in [2.45, 2.75) is 38.0 Å². The number of aryl methyl sites for hydroxylation is 2. The Morgan fingerprint density at radius 1 is 1.36 bits per heavy atom. The molecule has 1 saturated heterocycles. The number of piperidine rings is 1. The number of rotatable bonds is 3. The minimum atomic E-state index is -3.74. The first-order valence-corrected chi connectivity index (χ1v) is 10.8. The molecule has 0 spiro atoms. The van der Waals surface area contributed by atoms with Crippen molar-refractivity contribution in [3.8, 4) is 0 Å². The third-order valence-electron chi connectivity index (χ3n) is 5.21. The number of hydrogen-bond acceptors (Lipinski definition) is 6. The van der Waals surface area contributed by atoms with E-state index in [4.69, 9.17) is 4.52 Å². The van der Waals surface area contributed by atoms with Gasteiger partial charge in [0.05, 0.1) is 11.4 Å². The number of fused-ring (bicyclic) bond motifs is 1. The van der Waals surface area contributed by atoms with Gasteiger partial charge in [0.2, 0.25) is 0 Å². The van der Waals surface area contributed by atoms with Crippen LogP contribution in [0.1, 0.15) is 41.6 Å². The summed E-state index contributed by atoms with van der Waals surface area (Å²) in [6.45, 7) is 4.68. The predicted octanol–water partition coefficient (Wildman–Crippen LogP) is 2.61. The number of carbonyl (C=O) groups excluding carboxylic acids is 1. The molecule has 1 fully saturated rings. The average molecular weight is 402 g/mol. The Labute approximate surface area is 163 Å². The monoisotopic (exact) mass is 402 g/mol. The summed E-state index contributed by atoms with van der Waals surface area (Å²) in [7, 11) is -3.74. The number of nitrogens with zero attached hydrogens (tertiary/aromatic N) is 3. The van der Waals surface area contributed by atoms with Crippen molar-refractivity contribution in [1.82, 2.24) is 10.1 Å². The summed E-state index contributed by atoms with van der Waals surface area (Å²) in [4.78, 5) is 15.0. The third kappa shape index (κ3) is 3.19. The lowest BCUT2D eigenvalue weighted by atomic mass is 9.95. The van der Waals surface area contributed by atoms with Gasteiger partial charge in [0.1, 0.15) is 22.1 Å². The van der Waals surface area contributed by atoms with Crippen molar-refractivity contribution in [1.29, 1.82) is 0 Å². The third-order valence-corrected chi connectivity index (χ3v) is 6.56. The quantitative estimate of drug-likeness (QED) is 0.846. The highest BCUT2D eigenvalue weighted by molar-refractivity contribution is 7.90. The van der Waals surface area contributed by atoms with Crippen LogP contribution in [0.15, 0.2) is 38.1 Å². The van der Waals surface area contributed by atoms with Crippen molar-refractivity contribution in [3.63, 3.8) is 0 Å². The first-order chi connectivity index (χ1) is 13.4. The molecule has 1 atom stereocenters. The van der Waals surface area contributed by atoms with Crippen molar-refractivity contribution >= 4 is 27.5 Å². The van der Waals surface area contributed by atoms with E-state index in [0.717, 1.165) is 12.8 Å². The highest BCUT2D eigenvalue weighted by Gasteiger charge is 2.34. The molecule has 1 aromatic carbocycles. The molecule has 28 heavy (non-hydrogen) atoms. The molecular formula is C19H22N4O4S. The zero-order chi connectivity index (χ0) is 19.9.